The van der Waals surface area contributed by atoms with E-state index in [9.17, 15) is 4.79 Å². The smallest absolute Gasteiger partial charge is 0.341 e. The maximum absolute atomic E-state index is 11.4. The molecular formula is C10H12ClNO3. The minimum absolute atomic E-state index is 0.240. The molecule has 15 heavy (non-hydrogen) atoms. The van der Waals surface area contributed by atoms with Crippen LogP contribution >= 0.6 is 11.6 Å². The lowest BCUT2D eigenvalue weighted by atomic mass is 10.1. The van der Waals surface area contributed by atoms with Crippen LogP contribution in [0.15, 0.2) is 12.1 Å². The van der Waals surface area contributed by atoms with E-state index in [2.05, 4.69) is 4.74 Å². The third-order valence-electron chi connectivity index (χ3n) is 1.78. The molecule has 0 fully saturated rings. The van der Waals surface area contributed by atoms with Crippen LogP contribution in [0.25, 0.3) is 0 Å². The summed E-state index contributed by atoms with van der Waals surface area (Å²) in [7, 11) is 1.29. The highest BCUT2D eigenvalue weighted by molar-refractivity contribution is 6.31. The average molecular weight is 230 g/mol. The first-order valence-electron chi connectivity index (χ1n) is 4.40. The predicted octanol–water partition coefficient (Wildman–Crippen LogP) is 2.11. The van der Waals surface area contributed by atoms with Crippen LogP contribution in [0.1, 0.15) is 17.3 Å². The molecule has 0 saturated carbocycles. The molecule has 0 amide bonds. The van der Waals surface area contributed by atoms with Crippen LogP contribution in [0.4, 0.5) is 5.69 Å². The summed E-state index contributed by atoms with van der Waals surface area (Å²) in [5.41, 5.74) is 6.25. The van der Waals surface area contributed by atoms with Crippen molar-refractivity contribution in [3.05, 3.63) is 22.7 Å². The molecule has 0 atom stereocenters. The van der Waals surface area contributed by atoms with Gasteiger partial charge in [-0.2, -0.15) is 0 Å². The fourth-order valence-corrected chi connectivity index (χ4v) is 1.41. The third-order valence-corrected chi connectivity index (χ3v) is 1.99. The number of benzene rings is 1. The molecule has 0 spiro atoms. The summed E-state index contributed by atoms with van der Waals surface area (Å²) < 4.78 is 9.86. The molecule has 1 aromatic carbocycles. The van der Waals surface area contributed by atoms with Gasteiger partial charge >= 0.3 is 5.97 Å². The summed E-state index contributed by atoms with van der Waals surface area (Å²) in [6.45, 7) is 2.21. The lowest BCUT2D eigenvalue weighted by molar-refractivity contribution is 0.0596. The number of hydrogen-bond acceptors (Lipinski definition) is 4. The molecule has 0 aliphatic carbocycles. The van der Waals surface area contributed by atoms with E-state index >= 15 is 0 Å². The minimum atomic E-state index is -0.521. The zero-order chi connectivity index (χ0) is 11.4. The second kappa shape index (κ2) is 4.89. The molecule has 0 heterocycles. The molecule has 0 aromatic heterocycles. The number of esters is 1. The van der Waals surface area contributed by atoms with Crippen molar-refractivity contribution in [1.82, 2.24) is 0 Å². The fraction of sp³-hybridized carbons (Fsp3) is 0.300. The molecule has 2 N–H and O–H groups in total. The summed E-state index contributed by atoms with van der Waals surface area (Å²) in [5, 5.41) is 0.372. The number of halogens is 1. The van der Waals surface area contributed by atoms with E-state index in [-0.39, 0.29) is 5.56 Å². The molecule has 0 bridgehead atoms. The molecule has 0 aliphatic rings. The van der Waals surface area contributed by atoms with Crippen molar-refractivity contribution in [2.75, 3.05) is 19.5 Å². The first kappa shape index (κ1) is 11.7. The van der Waals surface area contributed by atoms with Crippen LogP contribution < -0.4 is 10.5 Å². The van der Waals surface area contributed by atoms with Crippen LogP contribution in [0, 0.1) is 0 Å². The summed E-state index contributed by atoms with van der Waals surface area (Å²) in [6, 6.07) is 2.99. The second-order valence-electron chi connectivity index (χ2n) is 2.80. The van der Waals surface area contributed by atoms with Crippen molar-refractivity contribution in [2.24, 2.45) is 0 Å². The van der Waals surface area contributed by atoms with Crippen molar-refractivity contribution in [3.8, 4) is 5.75 Å². The normalized spacial score (nSPS) is 9.80. The molecule has 4 nitrogen and oxygen atoms in total. The highest BCUT2D eigenvalue weighted by Crippen LogP contribution is 2.30. The van der Waals surface area contributed by atoms with Gasteiger partial charge in [-0.3, -0.25) is 0 Å². The fourth-order valence-electron chi connectivity index (χ4n) is 1.18. The Kier molecular flexibility index (Phi) is 3.80. The van der Waals surface area contributed by atoms with Gasteiger partial charge in [0.15, 0.2) is 5.75 Å². The van der Waals surface area contributed by atoms with Crippen LogP contribution in [0.3, 0.4) is 0 Å². The highest BCUT2D eigenvalue weighted by Gasteiger charge is 2.16. The quantitative estimate of drug-likeness (QED) is 0.637. The average Bonchev–Trinajstić information content (AvgIpc) is 2.20. The van der Waals surface area contributed by atoms with Gasteiger partial charge in [-0.1, -0.05) is 11.6 Å². The Balaban J connectivity index is 3.26. The summed E-state index contributed by atoms with van der Waals surface area (Å²) >= 11 is 5.78. The molecular weight excluding hydrogens is 218 g/mol. The Morgan fingerprint density at radius 1 is 1.53 bits per heavy atom. The van der Waals surface area contributed by atoms with Crippen LogP contribution in [-0.4, -0.2) is 19.7 Å². The molecule has 1 rings (SSSR count). The van der Waals surface area contributed by atoms with Crippen LogP contribution in [0.5, 0.6) is 5.75 Å². The number of carbonyl (C=O) groups excluding carboxylic acids is 1. The van der Waals surface area contributed by atoms with Crippen molar-refractivity contribution >= 4 is 23.3 Å². The Morgan fingerprint density at radius 2 is 2.20 bits per heavy atom. The molecule has 0 aliphatic heterocycles. The predicted molar refractivity (Wildman–Crippen MR) is 58.4 cm³/mol. The van der Waals surface area contributed by atoms with Gasteiger partial charge in [-0.25, -0.2) is 4.79 Å². The Bertz CT molecular complexity index is 379. The first-order valence-corrected chi connectivity index (χ1v) is 4.78. The number of methoxy groups -OCH3 is 1. The third kappa shape index (κ3) is 2.53. The van der Waals surface area contributed by atoms with E-state index in [1.165, 1.54) is 19.2 Å². The van der Waals surface area contributed by atoms with Gasteiger partial charge in [-0.15, -0.1) is 0 Å². The van der Waals surface area contributed by atoms with Crippen LogP contribution in [-0.2, 0) is 4.74 Å². The largest absolute Gasteiger partial charge is 0.491 e. The van der Waals surface area contributed by atoms with Gasteiger partial charge in [0.05, 0.1) is 19.4 Å². The molecule has 82 valence electrons. The van der Waals surface area contributed by atoms with E-state index in [0.717, 1.165) is 0 Å². The maximum Gasteiger partial charge on any atom is 0.341 e. The molecule has 0 saturated heterocycles. The lowest BCUT2D eigenvalue weighted by Crippen LogP contribution is -2.07. The number of carbonyl (C=O) groups is 1. The van der Waals surface area contributed by atoms with E-state index in [1.807, 2.05) is 0 Å². The number of rotatable bonds is 3. The van der Waals surface area contributed by atoms with E-state index in [0.29, 0.717) is 23.1 Å². The molecule has 0 unspecified atom stereocenters. The summed E-state index contributed by atoms with van der Waals surface area (Å²) in [4.78, 5) is 11.4. The number of anilines is 1. The SMILES string of the molecule is CCOc1c(N)cc(Cl)cc1C(=O)OC. The number of nitrogens with two attached hydrogens (primary N) is 1. The number of nitrogen functional groups attached to an aromatic ring is 1. The van der Waals surface area contributed by atoms with Gasteiger partial charge < -0.3 is 15.2 Å². The standard InChI is InChI=1S/C10H12ClNO3/c1-3-15-9-7(10(13)14-2)4-6(11)5-8(9)12/h4-5H,3,12H2,1-2H3. The maximum atomic E-state index is 11.4. The van der Waals surface area contributed by atoms with Gasteiger partial charge in [0.1, 0.15) is 5.56 Å². The van der Waals surface area contributed by atoms with Crippen molar-refractivity contribution in [1.29, 1.82) is 0 Å². The zero-order valence-corrected chi connectivity index (χ0v) is 9.30. The van der Waals surface area contributed by atoms with E-state index < -0.39 is 5.97 Å². The Morgan fingerprint density at radius 3 is 2.73 bits per heavy atom. The summed E-state index contributed by atoms with van der Waals surface area (Å²) in [5.74, 6) is -0.207. The van der Waals surface area contributed by atoms with E-state index in [4.69, 9.17) is 22.1 Å². The van der Waals surface area contributed by atoms with Gasteiger partial charge in [0.25, 0.3) is 0 Å². The molecule has 1 aromatic rings. The van der Waals surface area contributed by atoms with E-state index in [1.54, 1.807) is 6.92 Å². The van der Waals surface area contributed by atoms with Gasteiger partial charge in [0, 0.05) is 5.02 Å². The highest BCUT2D eigenvalue weighted by atomic mass is 35.5. The van der Waals surface area contributed by atoms with Crippen molar-refractivity contribution < 1.29 is 14.3 Å². The second-order valence-corrected chi connectivity index (χ2v) is 3.23. The zero-order valence-electron chi connectivity index (χ0n) is 8.54. The monoisotopic (exact) mass is 229 g/mol. The topological polar surface area (TPSA) is 61.5 Å². The molecule has 5 heteroatoms. The van der Waals surface area contributed by atoms with Crippen LogP contribution in [0.2, 0.25) is 5.02 Å². The Hall–Kier alpha value is -1.42. The number of hydrogen-bond donors (Lipinski definition) is 1. The van der Waals surface area contributed by atoms with Gasteiger partial charge in [-0.05, 0) is 19.1 Å². The number of ether oxygens (including phenoxy) is 2. The van der Waals surface area contributed by atoms with Crippen molar-refractivity contribution in [2.45, 2.75) is 6.92 Å². The Labute approximate surface area is 92.9 Å². The van der Waals surface area contributed by atoms with Crippen molar-refractivity contribution in [3.63, 3.8) is 0 Å². The minimum Gasteiger partial charge on any atom is -0.491 e. The summed E-state index contributed by atoms with van der Waals surface area (Å²) in [6.07, 6.45) is 0. The lowest BCUT2D eigenvalue weighted by Gasteiger charge is -2.11. The van der Waals surface area contributed by atoms with Gasteiger partial charge in [0.2, 0.25) is 0 Å². The first-order chi connectivity index (χ1) is 7.10. The molecule has 0 radical (unpaired) electrons.